The number of aromatic nitrogens is 2. The van der Waals surface area contributed by atoms with Gasteiger partial charge in [0.1, 0.15) is 5.69 Å². The van der Waals surface area contributed by atoms with Crippen molar-refractivity contribution in [2.45, 2.75) is 52.5 Å². The molecule has 0 saturated heterocycles. The minimum absolute atomic E-state index is 0.171. The zero-order valence-electron chi connectivity index (χ0n) is 13.0. The number of hydrogen-bond acceptors (Lipinski definition) is 2. The maximum atomic E-state index is 6.09. The summed E-state index contributed by atoms with van der Waals surface area (Å²) in [7, 11) is 0. The minimum atomic E-state index is 0.171. The van der Waals surface area contributed by atoms with Crippen LogP contribution in [-0.2, 0) is 12.0 Å². The predicted molar refractivity (Wildman–Crippen MR) is 85.7 cm³/mol. The maximum Gasteiger partial charge on any atom is 0.115 e. The zero-order chi connectivity index (χ0) is 14.8. The van der Waals surface area contributed by atoms with Crippen LogP contribution in [-0.4, -0.2) is 9.78 Å². The molecular formula is C17H25N3. The van der Waals surface area contributed by atoms with Gasteiger partial charge in [0.05, 0.1) is 5.69 Å². The molecule has 0 aliphatic heterocycles. The lowest BCUT2D eigenvalue weighted by Crippen LogP contribution is -2.10. The second-order valence-corrected chi connectivity index (χ2v) is 6.38. The lowest BCUT2D eigenvalue weighted by Gasteiger charge is -2.18. The molecule has 0 spiro atoms. The van der Waals surface area contributed by atoms with Gasteiger partial charge in [-0.3, -0.25) is 4.68 Å². The Labute approximate surface area is 121 Å². The highest BCUT2D eigenvalue weighted by Gasteiger charge is 2.14. The Morgan fingerprint density at radius 2 is 1.80 bits per heavy atom. The first kappa shape index (κ1) is 14.6. The smallest absolute Gasteiger partial charge is 0.115 e. The molecule has 1 heterocycles. The van der Waals surface area contributed by atoms with Crippen LogP contribution in [0, 0.1) is 0 Å². The predicted octanol–water partition coefficient (Wildman–Crippen LogP) is 4.23. The van der Waals surface area contributed by atoms with Gasteiger partial charge in [-0.25, -0.2) is 0 Å². The first-order chi connectivity index (χ1) is 9.41. The van der Waals surface area contributed by atoms with E-state index in [-0.39, 0.29) is 5.41 Å². The highest BCUT2D eigenvalue weighted by molar-refractivity contribution is 5.72. The number of unbranched alkanes of at least 4 members (excludes halogenated alkanes) is 1. The van der Waals surface area contributed by atoms with Gasteiger partial charge < -0.3 is 5.73 Å². The van der Waals surface area contributed by atoms with Gasteiger partial charge in [-0.2, -0.15) is 5.10 Å². The van der Waals surface area contributed by atoms with Crippen LogP contribution in [0.2, 0.25) is 0 Å². The molecular weight excluding hydrogens is 246 g/mol. The molecule has 108 valence electrons. The number of aryl methyl sites for hydroxylation is 1. The molecule has 20 heavy (non-hydrogen) atoms. The van der Waals surface area contributed by atoms with Gasteiger partial charge in [0.15, 0.2) is 0 Å². The number of nitrogen functional groups attached to an aromatic ring is 1. The Balaban J connectivity index is 2.25. The SMILES string of the molecule is CCCCn1cc(N)c(-c2ccc(C(C)(C)C)cc2)n1. The van der Waals surface area contributed by atoms with Gasteiger partial charge in [-0.15, -0.1) is 0 Å². The molecule has 2 rings (SSSR count). The fourth-order valence-corrected chi connectivity index (χ4v) is 2.22. The Bertz CT molecular complexity index is 559. The summed E-state index contributed by atoms with van der Waals surface area (Å²) in [6, 6.07) is 8.56. The van der Waals surface area contributed by atoms with Gasteiger partial charge >= 0.3 is 0 Å². The highest BCUT2D eigenvalue weighted by atomic mass is 15.3. The average Bonchev–Trinajstić information content (AvgIpc) is 2.77. The Morgan fingerprint density at radius 1 is 1.15 bits per heavy atom. The molecule has 2 N–H and O–H groups in total. The van der Waals surface area contributed by atoms with E-state index in [4.69, 9.17) is 5.73 Å². The summed E-state index contributed by atoms with van der Waals surface area (Å²) in [5, 5.41) is 4.60. The van der Waals surface area contributed by atoms with Gasteiger partial charge in [0.25, 0.3) is 0 Å². The van der Waals surface area contributed by atoms with Crippen molar-refractivity contribution in [3.05, 3.63) is 36.0 Å². The summed E-state index contributed by atoms with van der Waals surface area (Å²) in [5.41, 5.74) is 10.3. The van der Waals surface area contributed by atoms with Crippen LogP contribution in [0.1, 0.15) is 46.1 Å². The third-order valence-corrected chi connectivity index (χ3v) is 3.56. The topological polar surface area (TPSA) is 43.8 Å². The normalized spacial score (nSPS) is 11.8. The van der Waals surface area contributed by atoms with Gasteiger partial charge in [-0.1, -0.05) is 58.4 Å². The number of benzene rings is 1. The van der Waals surface area contributed by atoms with E-state index in [1.807, 2.05) is 10.9 Å². The average molecular weight is 271 g/mol. The quantitative estimate of drug-likeness (QED) is 0.904. The van der Waals surface area contributed by atoms with E-state index in [0.717, 1.165) is 36.3 Å². The van der Waals surface area contributed by atoms with E-state index >= 15 is 0 Å². The van der Waals surface area contributed by atoms with E-state index < -0.39 is 0 Å². The molecule has 0 bridgehead atoms. The van der Waals surface area contributed by atoms with Crippen LogP contribution in [0.5, 0.6) is 0 Å². The molecule has 1 aromatic carbocycles. The van der Waals surface area contributed by atoms with Crippen molar-refractivity contribution in [3.63, 3.8) is 0 Å². The number of hydrogen-bond donors (Lipinski definition) is 1. The molecule has 2 aromatic rings. The molecule has 0 atom stereocenters. The molecule has 0 amide bonds. The Morgan fingerprint density at radius 3 is 2.35 bits per heavy atom. The van der Waals surface area contributed by atoms with Crippen LogP contribution < -0.4 is 5.73 Å². The van der Waals surface area contributed by atoms with Gasteiger partial charge in [-0.05, 0) is 17.4 Å². The van der Waals surface area contributed by atoms with Crippen molar-refractivity contribution in [3.8, 4) is 11.3 Å². The lowest BCUT2D eigenvalue weighted by molar-refractivity contribution is 0.573. The second-order valence-electron chi connectivity index (χ2n) is 6.38. The van der Waals surface area contributed by atoms with E-state index in [2.05, 4.69) is 57.1 Å². The minimum Gasteiger partial charge on any atom is -0.396 e. The van der Waals surface area contributed by atoms with Crippen LogP contribution in [0.4, 0.5) is 5.69 Å². The van der Waals surface area contributed by atoms with Crippen molar-refractivity contribution >= 4 is 5.69 Å². The van der Waals surface area contributed by atoms with Crippen LogP contribution in [0.3, 0.4) is 0 Å². The molecule has 0 radical (unpaired) electrons. The summed E-state index contributed by atoms with van der Waals surface area (Å²) in [5.74, 6) is 0. The van der Waals surface area contributed by atoms with Gasteiger partial charge in [0, 0.05) is 18.3 Å². The third-order valence-electron chi connectivity index (χ3n) is 3.56. The Hall–Kier alpha value is -1.77. The van der Waals surface area contributed by atoms with Crippen molar-refractivity contribution in [1.29, 1.82) is 0 Å². The fraction of sp³-hybridized carbons (Fsp3) is 0.471. The van der Waals surface area contributed by atoms with E-state index in [1.165, 1.54) is 5.56 Å². The zero-order valence-corrected chi connectivity index (χ0v) is 13.0. The number of rotatable bonds is 4. The van der Waals surface area contributed by atoms with Crippen LogP contribution in [0.25, 0.3) is 11.3 Å². The van der Waals surface area contributed by atoms with Crippen molar-refractivity contribution in [2.24, 2.45) is 0 Å². The van der Waals surface area contributed by atoms with E-state index in [1.54, 1.807) is 0 Å². The first-order valence-electron chi connectivity index (χ1n) is 7.35. The second kappa shape index (κ2) is 5.70. The Kier molecular flexibility index (Phi) is 4.17. The molecule has 0 aliphatic carbocycles. The van der Waals surface area contributed by atoms with Crippen molar-refractivity contribution in [1.82, 2.24) is 9.78 Å². The number of anilines is 1. The van der Waals surface area contributed by atoms with E-state index in [9.17, 15) is 0 Å². The fourth-order valence-electron chi connectivity index (χ4n) is 2.22. The lowest BCUT2D eigenvalue weighted by atomic mass is 9.86. The molecule has 0 saturated carbocycles. The molecule has 0 aliphatic rings. The number of nitrogens with zero attached hydrogens (tertiary/aromatic N) is 2. The van der Waals surface area contributed by atoms with Crippen LogP contribution in [0.15, 0.2) is 30.5 Å². The monoisotopic (exact) mass is 271 g/mol. The standard InChI is InChI=1S/C17H25N3/c1-5-6-11-20-12-15(18)16(19-20)13-7-9-14(10-8-13)17(2,3)4/h7-10,12H,5-6,11,18H2,1-4H3. The summed E-state index contributed by atoms with van der Waals surface area (Å²) in [4.78, 5) is 0. The highest BCUT2D eigenvalue weighted by Crippen LogP contribution is 2.28. The first-order valence-corrected chi connectivity index (χ1v) is 7.35. The van der Waals surface area contributed by atoms with Crippen molar-refractivity contribution in [2.75, 3.05) is 5.73 Å². The molecule has 0 unspecified atom stereocenters. The molecule has 0 fully saturated rings. The summed E-state index contributed by atoms with van der Waals surface area (Å²) in [6.45, 7) is 9.77. The third kappa shape index (κ3) is 3.21. The maximum absolute atomic E-state index is 6.09. The largest absolute Gasteiger partial charge is 0.396 e. The summed E-state index contributed by atoms with van der Waals surface area (Å²) < 4.78 is 1.95. The summed E-state index contributed by atoms with van der Waals surface area (Å²) in [6.07, 6.45) is 4.22. The molecule has 1 aromatic heterocycles. The summed E-state index contributed by atoms with van der Waals surface area (Å²) >= 11 is 0. The molecule has 3 heteroatoms. The van der Waals surface area contributed by atoms with Crippen molar-refractivity contribution < 1.29 is 0 Å². The number of nitrogens with two attached hydrogens (primary N) is 1. The van der Waals surface area contributed by atoms with E-state index in [0.29, 0.717) is 0 Å². The molecule has 3 nitrogen and oxygen atoms in total. The van der Waals surface area contributed by atoms with Crippen LogP contribution >= 0.6 is 0 Å². The van der Waals surface area contributed by atoms with Gasteiger partial charge in [0.2, 0.25) is 0 Å².